The summed E-state index contributed by atoms with van der Waals surface area (Å²) in [4.78, 5) is 20.5. The zero-order chi connectivity index (χ0) is 10.3. The summed E-state index contributed by atoms with van der Waals surface area (Å²) in [7, 11) is -2.60. The number of aliphatic carboxylic acids is 1. The summed E-state index contributed by atoms with van der Waals surface area (Å²) >= 11 is 0. The molecule has 0 rings (SSSR count). The maximum absolute atomic E-state index is 10.5. The molecule has 5 nitrogen and oxygen atoms in total. The van der Waals surface area contributed by atoms with Crippen molar-refractivity contribution in [3.05, 3.63) is 0 Å². The maximum Gasteiger partial charge on any atom is 0.317 e. The van der Waals surface area contributed by atoms with Crippen LogP contribution in [-0.2, 0) is 9.36 Å². The normalized spacial score (nSPS) is 13.2. The van der Waals surface area contributed by atoms with E-state index in [0.29, 0.717) is 6.54 Å². The van der Waals surface area contributed by atoms with Crippen molar-refractivity contribution in [3.63, 3.8) is 0 Å². The van der Waals surface area contributed by atoms with Gasteiger partial charge in [-0.05, 0) is 13.0 Å². The van der Waals surface area contributed by atoms with E-state index in [2.05, 4.69) is 0 Å². The second-order valence-corrected chi connectivity index (χ2v) is 3.96. The van der Waals surface area contributed by atoms with Gasteiger partial charge in [0.2, 0.25) is 8.03 Å². The summed E-state index contributed by atoms with van der Waals surface area (Å²) in [6.45, 7) is 2.40. The molecule has 1 unspecified atom stereocenters. The lowest BCUT2D eigenvalue weighted by Crippen LogP contribution is -2.30. The molecule has 0 aromatic carbocycles. The highest BCUT2D eigenvalue weighted by Crippen LogP contribution is 2.14. The number of unbranched alkanes of at least 4 members (excludes halogenated alkanes) is 1. The van der Waals surface area contributed by atoms with Crippen LogP contribution in [0, 0.1) is 0 Å². The van der Waals surface area contributed by atoms with E-state index in [9.17, 15) is 9.36 Å². The zero-order valence-electron chi connectivity index (χ0n) is 7.69. The molecule has 0 amide bonds. The summed E-state index contributed by atoms with van der Waals surface area (Å²) in [5, 5.41) is 8.48. The molecule has 0 saturated heterocycles. The van der Waals surface area contributed by atoms with Crippen LogP contribution >= 0.6 is 8.03 Å². The van der Waals surface area contributed by atoms with Gasteiger partial charge in [0.05, 0.1) is 12.8 Å². The van der Waals surface area contributed by atoms with Crippen molar-refractivity contribution in [1.82, 2.24) is 4.90 Å². The van der Waals surface area contributed by atoms with Gasteiger partial charge in [0, 0.05) is 0 Å². The quantitative estimate of drug-likeness (QED) is 0.600. The number of carbonyl (C=O) groups is 1. The molecule has 0 radical (unpaired) electrons. The minimum absolute atomic E-state index is 0.0169. The molecule has 0 heterocycles. The Morgan fingerprint density at radius 1 is 1.54 bits per heavy atom. The Bertz CT molecular complexity index is 169. The molecule has 0 fully saturated rings. The van der Waals surface area contributed by atoms with Crippen LogP contribution in [0.4, 0.5) is 0 Å². The smallest absolute Gasteiger partial charge is 0.317 e. The van der Waals surface area contributed by atoms with E-state index in [1.165, 1.54) is 4.90 Å². The topological polar surface area (TPSA) is 77.8 Å². The van der Waals surface area contributed by atoms with Crippen LogP contribution in [0.25, 0.3) is 0 Å². The van der Waals surface area contributed by atoms with Gasteiger partial charge >= 0.3 is 5.97 Å². The molecule has 0 aliphatic rings. The zero-order valence-corrected chi connectivity index (χ0v) is 8.69. The average Bonchev–Trinajstić information content (AvgIpc) is 1.98. The van der Waals surface area contributed by atoms with Gasteiger partial charge in [0.1, 0.15) is 0 Å². The van der Waals surface area contributed by atoms with Crippen molar-refractivity contribution in [3.8, 4) is 0 Å². The van der Waals surface area contributed by atoms with Crippen LogP contribution in [0.2, 0.25) is 0 Å². The number of hydrogen-bond donors (Lipinski definition) is 2. The molecular weight excluding hydrogens is 193 g/mol. The van der Waals surface area contributed by atoms with Crippen LogP contribution in [0.3, 0.4) is 0 Å². The van der Waals surface area contributed by atoms with Crippen LogP contribution in [0.5, 0.6) is 0 Å². The van der Waals surface area contributed by atoms with Crippen molar-refractivity contribution in [1.29, 1.82) is 0 Å². The van der Waals surface area contributed by atoms with Crippen LogP contribution in [-0.4, -0.2) is 40.2 Å². The first-order chi connectivity index (χ1) is 6.06. The third-order valence-corrected chi connectivity index (χ3v) is 2.26. The molecule has 2 N–H and O–H groups in total. The van der Waals surface area contributed by atoms with Gasteiger partial charge in [-0.1, -0.05) is 13.3 Å². The van der Waals surface area contributed by atoms with E-state index in [1.807, 2.05) is 6.92 Å². The van der Waals surface area contributed by atoms with Gasteiger partial charge in [-0.15, -0.1) is 0 Å². The molecule has 78 valence electrons. The summed E-state index contributed by atoms with van der Waals surface area (Å²) in [5.74, 6) is -0.959. The molecule has 0 aromatic rings. The van der Waals surface area contributed by atoms with Gasteiger partial charge in [0.15, 0.2) is 0 Å². The number of carboxylic acids is 1. The highest BCUT2D eigenvalue weighted by molar-refractivity contribution is 7.37. The van der Waals surface area contributed by atoms with Gasteiger partial charge < -0.3 is 10.00 Å². The Morgan fingerprint density at radius 3 is 2.54 bits per heavy atom. The lowest BCUT2D eigenvalue weighted by atomic mass is 10.3. The Labute approximate surface area is 78.2 Å². The number of rotatable bonds is 7. The predicted molar refractivity (Wildman–Crippen MR) is 50.2 cm³/mol. The Hall–Kier alpha value is -0.380. The van der Waals surface area contributed by atoms with Crippen molar-refractivity contribution in [2.24, 2.45) is 0 Å². The van der Waals surface area contributed by atoms with Crippen molar-refractivity contribution in [2.45, 2.75) is 19.8 Å². The Morgan fingerprint density at radius 2 is 2.15 bits per heavy atom. The SMILES string of the molecule is CCCCN(CC(=O)O)C[PH](=O)O. The molecule has 6 heteroatoms. The first-order valence-corrected chi connectivity index (χ1v) is 5.78. The molecule has 0 bridgehead atoms. The van der Waals surface area contributed by atoms with E-state index in [-0.39, 0.29) is 12.8 Å². The standard InChI is InChI=1S/C7H16NO4P/c1-2-3-4-8(5-7(9)10)6-13(11)12/h13H,2-6H2,1H3,(H,9,10)(H,11,12). The maximum atomic E-state index is 10.5. The fourth-order valence-corrected chi connectivity index (χ4v) is 1.63. The number of nitrogens with zero attached hydrogens (tertiary/aromatic N) is 1. The highest BCUT2D eigenvalue weighted by atomic mass is 31.1. The summed E-state index contributed by atoms with van der Waals surface area (Å²) < 4.78 is 10.5. The number of hydrogen-bond acceptors (Lipinski definition) is 3. The highest BCUT2D eigenvalue weighted by Gasteiger charge is 2.10. The second-order valence-electron chi connectivity index (χ2n) is 2.85. The largest absolute Gasteiger partial charge is 0.480 e. The fourth-order valence-electron chi connectivity index (χ4n) is 0.978. The third kappa shape index (κ3) is 7.96. The van der Waals surface area contributed by atoms with E-state index < -0.39 is 14.0 Å². The van der Waals surface area contributed by atoms with Crippen molar-refractivity contribution >= 4 is 14.0 Å². The minimum atomic E-state index is -2.60. The molecule has 0 saturated carbocycles. The Balaban J connectivity index is 3.87. The van der Waals surface area contributed by atoms with Crippen LogP contribution < -0.4 is 0 Å². The van der Waals surface area contributed by atoms with Crippen molar-refractivity contribution in [2.75, 3.05) is 19.4 Å². The third-order valence-electron chi connectivity index (χ3n) is 1.55. The molecule has 1 atom stereocenters. The second kappa shape index (κ2) is 7.06. The predicted octanol–water partition coefficient (Wildman–Crippen LogP) is 0.598. The molecular formula is C7H16NO4P. The fraction of sp³-hybridized carbons (Fsp3) is 0.857. The van der Waals surface area contributed by atoms with Crippen LogP contribution in [0.15, 0.2) is 0 Å². The molecule has 0 aliphatic heterocycles. The lowest BCUT2D eigenvalue weighted by molar-refractivity contribution is -0.138. The van der Waals surface area contributed by atoms with E-state index in [4.69, 9.17) is 10.00 Å². The number of carboxylic acid groups (broad SMARTS) is 1. The van der Waals surface area contributed by atoms with E-state index in [1.54, 1.807) is 0 Å². The van der Waals surface area contributed by atoms with Gasteiger partial charge in [-0.3, -0.25) is 14.3 Å². The van der Waals surface area contributed by atoms with E-state index >= 15 is 0 Å². The van der Waals surface area contributed by atoms with Gasteiger partial charge in [-0.25, -0.2) is 0 Å². The minimum Gasteiger partial charge on any atom is -0.480 e. The van der Waals surface area contributed by atoms with Crippen molar-refractivity contribution < 1.29 is 19.4 Å². The van der Waals surface area contributed by atoms with Crippen LogP contribution in [0.1, 0.15) is 19.8 Å². The monoisotopic (exact) mass is 209 g/mol. The first-order valence-electron chi connectivity index (χ1n) is 4.22. The summed E-state index contributed by atoms with van der Waals surface area (Å²) in [5.41, 5.74) is 0. The Kier molecular flexibility index (Phi) is 6.86. The molecule has 0 aromatic heterocycles. The molecule has 13 heavy (non-hydrogen) atoms. The lowest BCUT2D eigenvalue weighted by Gasteiger charge is -2.17. The summed E-state index contributed by atoms with van der Waals surface area (Å²) in [6, 6.07) is 0. The molecule has 0 aliphatic carbocycles. The van der Waals surface area contributed by atoms with Gasteiger partial charge in [0.25, 0.3) is 0 Å². The van der Waals surface area contributed by atoms with E-state index in [0.717, 1.165) is 12.8 Å². The average molecular weight is 209 g/mol. The van der Waals surface area contributed by atoms with Gasteiger partial charge in [-0.2, -0.15) is 0 Å². The molecule has 0 spiro atoms. The first kappa shape index (κ1) is 12.6. The summed E-state index contributed by atoms with van der Waals surface area (Å²) in [6.07, 6.45) is 1.78.